The molecule has 0 bridgehead atoms. The summed E-state index contributed by atoms with van der Waals surface area (Å²) in [4.78, 5) is 9.77. The summed E-state index contributed by atoms with van der Waals surface area (Å²) >= 11 is 0. The first-order chi connectivity index (χ1) is 8.52. The summed E-state index contributed by atoms with van der Waals surface area (Å²) in [5.74, 6) is -0.960. The fourth-order valence-corrected chi connectivity index (χ4v) is 1.27. The number of halogens is 3. The summed E-state index contributed by atoms with van der Waals surface area (Å²) in [6.45, 7) is -0.693. The van der Waals surface area contributed by atoms with Gasteiger partial charge in [-0.15, -0.1) is 0 Å². The molecule has 0 spiro atoms. The molecule has 5 nitrogen and oxygen atoms in total. The maximum Gasteiger partial charge on any atom is 0.327 e. The van der Waals surface area contributed by atoms with Crippen LogP contribution in [0.4, 0.5) is 24.5 Å². The van der Waals surface area contributed by atoms with Gasteiger partial charge >= 0.3 is 5.69 Å². The van der Waals surface area contributed by atoms with Crippen LogP contribution in [0.3, 0.4) is 0 Å². The van der Waals surface area contributed by atoms with Crippen LogP contribution in [0, 0.1) is 15.9 Å². The number of para-hydroxylation sites is 1. The Morgan fingerprint density at radius 3 is 2.78 bits per heavy atom. The summed E-state index contributed by atoms with van der Waals surface area (Å²) in [5, 5.41) is 13.2. The van der Waals surface area contributed by atoms with Gasteiger partial charge in [0.1, 0.15) is 12.3 Å². The molecule has 1 aromatic carbocycles. The molecule has 1 rings (SSSR count). The Morgan fingerprint density at radius 1 is 1.44 bits per heavy atom. The van der Waals surface area contributed by atoms with E-state index >= 15 is 0 Å². The van der Waals surface area contributed by atoms with Gasteiger partial charge < -0.3 is 10.1 Å². The molecule has 0 saturated heterocycles. The Labute approximate surface area is 101 Å². The molecule has 8 heteroatoms. The molecule has 0 atom stereocenters. The second kappa shape index (κ2) is 6.80. The Kier molecular flexibility index (Phi) is 5.37. The first-order valence-electron chi connectivity index (χ1n) is 5.05. The number of nitrogens with one attached hydrogen (secondary N) is 1. The average Bonchev–Trinajstić information content (AvgIpc) is 2.27. The van der Waals surface area contributed by atoms with Crippen LogP contribution in [0.1, 0.15) is 0 Å². The lowest BCUT2D eigenvalue weighted by molar-refractivity contribution is -0.386. The molecule has 0 unspecified atom stereocenters. The van der Waals surface area contributed by atoms with E-state index in [1.807, 2.05) is 0 Å². The Hall–Kier alpha value is -1.83. The lowest BCUT2D eigenvalue weighted by atomic mass is 10.2. The number of anilines is 1. The van der Waals surface area contributed by atoms with Crippen LogP contribution in [-0.4, -0.2) is 31.1 Å². The van der Waals surface area contributed by atoms with Gasteiger partial charge in [0.05, 0.1) is 11.5 Å². The molecule has 1 aromatic rings. The minimum atomic E-state index is -2.56. The second-order valence-electron chi connectivity index (χ2n) is 3.29. The first kappa shape index (κ1) is 14.2. The van der Waals surface area contributed by atoms with E-state index in [-0.39, 0.29) is 18.8 Å². The van der Waals surface area contributed by atoms with Crippen molar-refractivity contribution in [3.8, 4) is 0 Å². The van der Waals surface area contributed by atoms with Gasteiger partial charge in [-0.1, -0.05) is 6.07 Å². The molecule has 0 fully saturated rings. The van der Waals surface area contributed by atoms with Crippen LogP contribution in [0.5, 0.6) is 0 Å². The zero-order valence-corrected chi connectivity index (χ0v) is 9.24. The van der Waals surface area contributed by atoms with Gasteiger partial charge in [-0.3, -0.25) is 10.1 Å². The summed E-state index contributed by atoms with van der Waals surface area (Å²) in [6.07, 6.45) is -2.56. The van der Waals surface area contributed by atoms with E-state index in [1.54, 1.807) is 0 Å². The molecule has 0 aromatic heterocycles. The Bertz CT molecular complexity index is 415. The largest absolute Gasteiger partial charge is 0.377 e. The van der Waals surface area contributed by atoms with Crippen LogP contribution < -0.4 is 5.32 Å². The Balaban J connectivity index is 2.52. The van der Waals surface area contributed by atoms with E-state index in [9.17, 15) is 23.3 Å². The van der Waals surface area contributed by atoms with Crippen LogP contribution in [0.25, 0.3) is 0 Å². The number of rotatable bonds is 7. The first-order valence-corrected chi connectivity index (χ1v) is 5.05. The number of nitro groups is 1. The quantitative estimate of drug-likeness (QED) is 0.466. The van der Waals surface area contributed by atoms with Crippen LogP contribution >= 0.6 is 0 Å². The van der Waals surface area contributed by atoms with E-state index in [0.717, 1.165) is 6.07 Å². The van der Waals surface area contributed by atoms with E-state index in [1.165, 1.54) is 12.1 Å². The zero-order valence-electron chi connectivity index (χ0n) is 9.24. The van der Waals surface area contributed by atoms with Crippen molar-refractivity contribution in [2.24, 2.45) is 0 Å². The number of ether oxygens (including phenoxy) is 1. The minimum absolute atomic E-state index is 0.0133. The van der Waals surface area contributed by atoms with Crippen molar-refractivity contribution in [2.75, 3.05) is 25.1 Å². The lowest BCUT2D eigenvalue weighted by Gasteiger charge is -2.07. The van der Waals surface area contributed by atoms with Gasteiger partial charge in [0.15, 0.2) is 0 Å². The van der Waals surface area contributed by atoms with Crippen molar-refractivity contribution in [2.45, 2.75) is 6.43 Å². The number of benzene rings is 1. The lowest BCUT2D eigenvalue weighted by Crippen LogP contribution is -2.14. The molecule has 0 amide bonds. The van der Waals surface area contributed by atoms with Crippen molar-refractivity contribution in [3.63, 3.8) is 0 Å². The van der Waals surface area contributed by atoms with Gasteiger partial charge in [-0.2, -0.15) is 4.39 Å². The molecular weight excluding hydrogens is 253 g/mol. The number of nitrogens with zero attached hydrogens (tertiary/aromatic N) is 1. The van der Waals surface area contributed by atoms with Crippen LogP contribution in [-0.2, 0) is 4.74 Å². The standard InChI is InChI=1S/C10H11F3N2O3/c11-7-2-1-3-8(10(7)15(16)17)14-4-5-18-6-9(12)13/h1-3,9,14H,4-6H2. The fraction of sp³-hybridized carbons (Fsp3) is 0.400. The fourth-order valence-electron chi connectivity index (χ4n) is 1.27. The highest BCUT2D eigenvalue weighted by atomic mass is 19.3. The molecular formula is C10H11F3N2O3. The molecule has 0 radical (unpaired) electrons. The van der Waals surface area contributed by atoms with E-state index in [4.69, 9.17) is 0 Å². The molecule has 0 aliphatic rings. The SMILES string of the molecule is O=[N+]([O-])c1c(F)cccc1NCCOCC(F)F. The van der Waals surface area contributed by atoms with E-state index in [2.05, 4.69) is 10.1 Å². The maximum atomic E-state index is 13.2. The summed E-state index contributed by atoms with van der Waals surface area (Å²) in [6, 6.07) is 3.61. The Morgan fingerprint density at radius 2 is 2.17 bits per heavy atom. The number of alkyl halides is 2. The number of hydrogen-bond donors (Lipinski definition) is 1. The topological polar surface area (TPSA) is 64.4 Å². The third-order valence-electron chi connectivity index (χ3n) is 1.98. The van der Waals surface area contributed by atoms with Crippen molar-refractivity contribution in [1.82, 2.24) is 0 Å². The van der Waals surface area contributed by atoms with Crippen molar-refractivity contribution < 1.29 is 22.8 Å². The second-order valence-corrected chi connectivity index (χ2v) is 3.29. The van der Waals surface area contributed by atoms with Crippen molar-refractivity contribution in [3.05, 3.63) is 34.1 Å². The average molecular weight is 264 g/mol. The van der Waals surface area contributed by atoms with Crippen molar-refractivity contribution >= 4 is 11.4 Å². The van der Waals surface area contributed by atoms with Gasteiger partial charge in [-0.25, -0.2) is 8.78 Å². The summed E-state index contributed by atoms with van der Waals surface area (Å²) in [5.41, 5.74) is -0.688. The number of nitro benzene ring substituents is 1. The van der Waals surface area contributed by atoms with Crippen LogP contribution in [0.2, 0.25) is 0 Å². The highest BCUT2D eigenvalue weighted by molar-refractivity contribution is 5.61. The monoisotopic (exact) mass is 264 g/mol. The molecule has 18 heavy (non-hydrogen) atoms. The molecule has 1 N–H and O–H groups in total. The minimum Gasteiger partial charge on any atom is -0.377 e. The van der Waals surface area contributed by atoms with Gasteiger partial charge in [0.25, 0.3) is 6.43 Å². The molecule has 0 aliphatic heterocycles. The highest BCUT2D eigenvalue weighted by Gasteiger charge is 2.19. The van der Waals surface area contributed by atoms with Crippen molar-refractivity contribution in [1.29, 1.82) is 0 Å². The summed E-state index contributed by atoms with van der Waals surface area (Å²) in [7, 11) is 0. The third-order valence-corrected chi connectivity index (χ3v) is 1.98. The molecule has 100 valence electrons. The maximum absolute atomic E-state index is 13.2. The number of hydrogen-bond acceptors (Lipinski definition) is 4. The summed E-state index contributed by atoms with van der Waals surface area (Å²) < 4.78 is 41.2. The van der Waals surface area contributed by atoms with E-state index in [0.29, 0.717) is 0 Å². The predicted octanol–water partition coefficient (Wildman–Crippen LogP) is 2.43. The van der Waals surface area contributed by atoms with Gasteiger partial charge in [-0.05, 0) is 12.1 Å². The molecule has 0 aliphatic carbocycles. The van der Waals surface area contributed by atoms with E-state index < -0.39 is 29.5 Å². The normalized spacial score (nSPS) is 10.7. The van der Waals surface area contributed by atoms with Gasteiger partial charge in [0.2, 0.25) is 5.82 Å². The predicted molar refractivity (Wildman–Crippen MR) is 58.4 cm³/mol. The molecule has 0 heterocycles. The third kappa shape index (κ3) is 4.21. The zero-order chi connectivity index (χ0) is 13.5. The van der Waals surface area contributed by atoms with Gasteiger partial charge in [0, 0.05) is 6.54 Å². The highest BCUT2D eigenvalue weighted by Crippen LogP contribution is 2.26. The molecule has 0 saturated carbocycles. The smallest absolute Gasteiger partial charge is 0.327 e. The van der Waals surface area contributed by atoms with Crippen LogP contribution in [0.15, 0.2) is 18.2 Å².